The second-order valence-corrected chi connectivity index (χ2v) is 6.91. The van der Waals surface area contributed by atoms with Crippen LogP contribution in [-0.4, -0.2) is 14.7 Å². The normalized spacial score (nSPS) is 14.5. The van der Waals surface area contributed by atoms with Crippen LogP contribution in [0.3, 0.4) is 0 Å². The van der Waals surface area contributed by atoms with Crippen LogP contribution in [0.1, 0.15) is 29.4 Å². The van der Waals surface area contributed by atoms with Gasteiger partial charge in [-0.2, -0.15) is 0 Å². The molecule has 3 aromatic rings. The van der Waals surface area contributed by atoms with E-state index in [2.05, 4.69) is 30.5 Å². The smallest absolute Gasteiger partial charge is 0.113 e. The maximum atomic E-state index is 10.9. The van der Waals surface area contributed by atoms with Gasteiger partial charge in [-0.15, -0.1) is 11.3 Å². The molecule has 1 unspecified atom stereocenters. The van der Waals surface area contributed by atoms with E-state index >= 15 is 0 Å². The van der Waals surface area contributed by atoms with Gasteiger partial charge < -0.3 is 9.67 Å². The van der Waals surface area contributed by atoms with Crippen LogP contribution in [0.5, 0.6) is 0 Å². The molecule has 0 aliphatic carbocycles. The summed E-state index contributed by atoms with van der Waals surface area (Å²) in [5.41, 5.74) is 1.24. The summed E-state index contributed by atoms with van der Waals surface area (Å²) in [6.07, 6.45) is 0.523. The molecule has 0 amide bonds. The minimum atomic E-state index is -0.882. The number of aliphatic hydroxyl groups is 1. The lowest BCUT2D eigenvalue weighted by molar-refractivity contribution is 0.0585. The van der Waals surface area contributed by atoms with Gasteiger partial charge in [0.25, 0.3) is 0 Å². The molecule has 0 aliphatic rings. The average Bonchev–Trinajstić information content (AvgIpc) is 3.01. The zero-order valence-corrected chi connectivity index (χ0v) is 13.4. The van der Waals surface area contributed by atoms with Crippen LogP contribution in [0.2, 0.25) is 0 Å². The van der Waals surface area contributed by atoms with Gasteiger partial charge in [-0.05, 0) is 45.0 Å². The Labute approximate surface area is 128 Å². The molecule has 4 heteroatoms. The molecular formula is C17H20N2OS. The van der Waals surface area contributed by atoms with E-state index in [1.165, 1.54) is 4.88 Å². The van der Waals surface area contributed by atoms with Gasteiger partial charge >= 0.3 is 0 Å². The monoisotopic (exact) mass is 300 g/mol. The van der Waals surface area contributed by atoms with E-state index in [1.54, 1.807) is 11.3 Å². The molecule has 1 atom stereocenters. The summed E-state index contributed by atoms with van der Waals surface area (Å²) in [4.78, 5) is 6.92. The van der Waals surface area contributed by atoms with Gasteiger partial charge in [0.1, 0.15) is 11.4 Å². The van der Waals surface area contributed by atoms with Crippen molar-refractivity contribution in [1.29, 1.82) is 0 Å². The van der Waals surface area contributed by atoms with E-state index in [0.29, 0.717) is 6.42 Å². The van der Waals surface area contributed by atoms with Crippen LogP contribution >= 0.6 is 11.3 Å². The van der Waals surface area contributed by atoms with Crippen LogP contribution in [0, 0.1) is 6.92 Å². The largest absolute Gasteiger partial charge is 0.384 e. The number of imidazole rings is 1. The number of para-hydroxylation sites is 2. The Bertz CT molecular complexity index is 770. The summed E-state index contributed by atoms with van der Waals surface area (Å²) in [6, 6.07) is 12.2. The Hall–Kier alpha value is -1.65. The first kappa shape index (κ1) is 14.3. The SMILES string of the molecule is CCn1c(CC(C)(O)c2ccc(C)s2)nc2ccccc21. The summed E-state index contributed by atoms with van der Waals surface area (Å²) in [6.45, 7) is 6.90. The maximum Gasteiger partial charge on any atom is 0.113 e. The zero-order valence-electron chi connectivity index (χ0n) is 12.6. The molecule has 2 aromatic heterocycles. The van der Waals surface area contributed by atoms with E-state index in [4.69, 9.17) is 4.98 Å². The van der Waals surface area contributed by atoms with Crippen molar-refractivity contribution in [2.45, 2.75) is 39.3 Å². The fourth-order valence-electron chi connectivity index (χ4n) is 2.73. The fourth-order valence-corrected chi connectivity index (χ4v) is 3.64. The molecule has 2 heterocycles. The predicted octanol–water partition coefficient (Wildman–Crippen LogP) is 3.88. The van der Waals surface area contributed by atoms with Gasteiger partial charge in [0.15, 0.2) is 0 Å². The Morgan fingerprint density at radius 2 is 2.00 bits per heavy atom. The number of nitrogens with zero attached hydrogens (tertiary/aromatic N) is 2. The first-order valence-corrected chi connectivity index (χ1v) is 8.06. The van der Waals surface area contributed by atoms with Crippen molar-refractivity contribution in [3.63, 3.8) is 0 Å². The zero-order chi connectivity index (χ0) is 15.0. The summed E-state index contributed by atoms with van der Waals surface area (Å²) in [5, 5.41) is 10.9. The molecule has 1 aromatic carbocycles. The van der Waals surface area contributed by atoms with E-state index in [9.17, 15) is 5.11 Å². The Morgan fingerprint density at radius 1 is 1.24 bits per heavy atom. The molecule has 0 saturated heterocycles. The molecule has 110 valence electrons. The first-order valence-electron chi connectivity index (χ1n) is 7.24. The summed E-state index contributed by atoms with van der Waals surface area (Å²) >= 11 is 1.65. The van der Waals surface area contributed by atoms with Crippen LogP contribution in [0.4, 0.5) is 0 Å². The number of benzene rings is 1. The number of rotatable bonds is 4. The third-order valence-corrected chi connectivity index (χ3v) is 5.08. The summed E-state index contributed by atoms with van der Waals surface area (Å²) in [7, 11) is 0. The van der Waals surface area contributed by atoms with E-state index in [-0.39, 0.29) is 0 Å². The van der Waals surface area contributed by atoms with Crippen molar-refractivity contribution in [1.82, 2.24) is 9.55 Å². The predicted molar refractivity (Wildman–Crippen MR) is 87.7 cm³/mol. The molecule has 0 saturated carbocycles. The van der Waals surface area contributed by atoms with Gasteiger partial charge in [-0.1, -0.05) is 12.1 Å². The maximum absolute atomic E-state index is 10.9. The van der Waals surface area contributed by atoms with E-state index < -0.39 is 5.60 Å². The molecule has 1 N–H and O–H groups in total. The summed E-state index contributed by atoms with van der Waals surface area (Å²) < 4.78 is 2.18. The Kier molecular flexibility index (Phi) is 3.59. The van der Waals surface area contributed by atoms with Crippen molar-refractivity contribution in [3.05, 3.63) is 52.0 Å². The molecule has 0 fully saturated rings. The number of aryl methyl sites for hydroxylation is 2. The van der Waals surface area contributed by atoms with Crippen LogP contribution in [-0.2, 0) is 18.6 Å². The van der Waals surface area contributed by atoms with E-state index in [1.807, 2.05) is 31.2 Å². The van der Waals surface area contributed by atoms with Crippen molar-refractivity contribution in [3.8, 4) is 0 Å². The molecule has 3 nitrogen and oxygen atoms in total. The lowest BCUT2D eigenvalue weighted by atomic mass is 10.00. The minimum absolute atomic E-state index is 0.523. The number of fused-ring (bicyclic) bond motifs is 1. The first-order chi connectivity index (χ1) is 10.0. The highest BCUT2D eigenvalue weighted by Crippen LogP contribution is 2.31. The molecule has 0 spiro atoms. The van der Waals surface area contributed by atoms with Gasteiger partial charge in [0, 0.05) is 22.7 Å². The average molecular weight is 300 g/mol. The van der Waals surface area contributed by atoms with E-state index in [0.717, 1.165) is 28.3 Å². The molecule has 0 radical (unpaired) electrons. The van der Waals surface area contributed by atoms with Crippen LogP contribution in [0.15, 0.2) is 36.4 Å². The highest BCUT2D eigenvalue weighted by molar-refractivity contribution is 7.12. The molecule has 0 bridgehead atoms. The van der Waals surface area contributed by atoms with Gasteiger partial charge in [-0.3, -0.25) is 0 Å². The van der Waals surface area contributed by atoms with Crippen LogP contribution < -0.4 is 0 Å². The number of thiophene rings is 1. The van der Waals surface area contributed by atoms with Gasteiger partial charge in [0.2, 0.25) is 0 Å². The lowest BCUT2D eigenvalue weighted by Gasteiger charge is -2.22. The number of aromatic nitrogens is 2. The Balaban J connectivity index is 2.01. The standard InChI is InChI=1S/C17H20N2OS/c1-4-19-14-8-6-5-7-13(14)18-16(19)11-17(3,20)15-10-9-12(2)21-15/h5-10,20H,4,11H2,1-3H3. The second kappa shape index (κ2) is 5.28. The van der Waals surface area contributed by atoms with Crippen LogP contribution in [0.25, 0.3) is 11.0 Å². The quantitative estimate of drug-likeness (QED) is 0.794. The third-order valence-electron chi connectivity index (χ3n) is 3.82. The lowest BCUT2D eigenvalue weighted by Crippen LogP contribution is -2.25. The van der Waals surface area contributed by atoms with Crippen molar-refractivity contribution in [2.75, 3.05) is 0 Å². The second-order valence-electron chi connectivity index (χ2n) is 5.62. The van der Waals surface area contributed by atoms with Crippen molar-refractivity contribution < 1.29 is 5.11 Å². The van der Waals surface area contributed by atoms with Crippen molar-refractivity contribution in [2.24, 2.45) is 0 Å². The highest BCUT2D eigenvalue weighted by Gasteiger charge is 2.28. The number of hydrogen-bond acceptors (Lipinski definition) is 3. The molecule has 0 aliphatic heterocycles. The van der Waals surface area contributed by atoms with Gasteiger partial charge in [0.05, 0.1) is 11.0 Å². The third kappa shape index (κ3) is 2.61. The van der Waals surface area contributed by atoms with Gasteiger partial charge in [-0.25, -0.2) is 4.98 Å². The Morgan fingerprint density at radius 3 is 2.67 bits per heavy atom. The topological polar surface area (TPSA) is 38.0 Å². The number of hydrogen-bond donors (Lipinski definition) is 1. The summed E-state index contributed by atoms with van der Waals surface area (Å²) in [5.74, 6) is 0.940. The molecular weight excluding hydrogens is 280 g/mol. The highest BCUT2D eigenvalue weighted by atomic mass is 32.1. The fraction of sp³-hybridized carbons (Fsp3) is 0.353. The van der Waals surface area contributed by atoms with Crippen molar-refractivity contribution >= 4 is 22.4 Å². The molecule has 3 rings (SSSR count). The minimum Gasteiger partial charge on any atom is -0.384 e. The molecule has 21 heavy (non-hydrogen) atoms.